The smallest absolute Gasteiger partial charge is 0.251 e. The summed E-state index contributed by atoms with van der Waals surface area (Å²) in [6.07, 6.45) is 0.999. The second-order valence-corrected chi connectivity index (χ2v) is 6.13. The first kappa shape index (κ1) is 15.5. The summed E-state index contributed by atoms with van der Waals surface area (Å²) in [7, 11) is 0. The highest BCUT2D eigenvalue weighted by Crippen LogP contribution is 2.15. The standard InChI is InChI=1S/C15H22BrN3O/c1-12-9-13(11-14(16)10-12)15(20)18-3-2-6-19-7-4-17-5-8-19/h9-11,17H,2-8H2,1H3,(H,18,20). The van der Waals surface area contributed by atoms with E-state index in [1.54, 1.807) is 0 Å². The van der Waals surface area contributed by atoms with Gasteiger partial charge in [-0.3, -0.25) is 4.79 Å². The third-order valence-corrected chi connectivity index (χ3v) is 3.91. The van der Waals surface area contributed by atoms with Gasteiger partial charge >= 0.3 is 0 Å². The fourth-order valence-electron chi connectivity index (χ4n) is 2.41. The summed E-state index contributed by atoms with van der Waals surface area (Å²) < 4.78 is 0.948. The van der Waals surface area contributed by atoms with Crippen LogP contribution in [0, 0.1) is 6.92 Å². The van der Waals surface area contributed by atoms with Crippen molar-refractivity contribution in [3.05, 3.63) is 33.8 Å². The van der Waals surface area contributed by atoms with Gasteiger partial charge in [0.2, 0.25) is 0 Å². The fourth-order valence-corrected chi connectivity index (χ4v) is 3.02. The predicted molar refractivity (Wildman–Crippen MR) is 85.1 cm³/mol. The molecule has 4 nitrogen and oxygen atoms in total. The van der Waals surface area contributed by atoms with E-state index in [0.29, 0.717) is 0 Å². The summed E-state index contributed by atoms with van der Waals surface area (Å²) in [4.78, 5) is 14.5. The lowest BCUT2D eigenvalue weighted by molar-refractivity contribution is 0.0951. The molecule has 0 unspecified atom stereocenters. The van der Waals surface area contributed by atoms with Crippen LogP contribution in [0.15, 0.2) is 22.7 Å². The number of hydrogen-bond donors (Lipinski definition) is 2. The minimum atomic E-state index is 0.00899. The first-order chi connectivity index (χ1) is 9.65. The number of piperazine rings is 1. The van der Waals surface area contributed by atoms with Gasteiger partial charge in [0.1, 0.15) is 0 Å². The Morgan fingerprint density at radius 3 is 2.80 bits per heavy atom. The maximum Gasteiger partial charge on any atom is 0.251 e. The molecule has 5 heteroatoms. The fraction of sp³-hybridized carbons (Fsp3) is 0.533. The van der Waals surface area contributed by atoms with Gasteiger partial charge in [-0.25, -0.2) is 0 Å². The van der Waals surface area contributed by atoms with Crippen molar-refractivity contribution in [2.45, 2.75) is 13.3 Å². The molecule has 0 radical (unpaired) electrons. The average Bonchev–Trinajstić information content (AvgIpc) is 2.43. The third-order valence-electron chi connectivity index (χ3n) is 3.45. The highest BCUT2D eigenvalue weighted by Gasteiger charge is 2.09. The maximum absolute atomic E-state index is 12.0. The van der Waals surface area contributed by atoms with Crippen LogP contribution < -0.4 is 10.6 Å². The Labute approximate surface area is 129 Å². The van der Waals surface area contributed by atoms with Gasteiger partial charge in [-0.2, -0.15) is 0 Å². The second-order valence-electron chi connectivity index (χ2n) is 5.22. The Morgan fingerprint density at radius 1 is 1.35 bits per heavy atom. The van der Waals surface area contributed by atoms with Crippen molar-refractivity contribution in [2.24, 2.45) is 0 Å². The number of nitrogens with zero attached hydrogens (tertiary/aromatic N) is 1. The molecule has 1 aliphatic heterocycles. The summed E-state index contributed by atoms with van der Waals surface area (Å²) in [5, 5.41) is 6.33. The van der Waals surface area contributed by atoms with Gasteiger partial charge in [-0.1, -0.05) is 15.9 Å². The molecule has 1 saturated heterocycles. The van der Waals surface area contributed by atoms with Gasteiger partial charge < -0.3 is 15.5 Å². The van der Waals surface area contributed by atoms with Crippen LogP contribution in [0.25, 0.3) is 0 Å². The highest BCUT2D eigenvalue weighted by molar-refractivity contribution is 9.10. The number of hydrogen-bond acceptors (Lipinski definition) is 3. The second kappa shape index (κ2) is 7.76. The van der Waals surface area contributed by atoms with Gasteiger partial charge in [0.25, 0.3) is 5.91 Å². The van der Waals surface area contributed by atoms with E-state index >= 15 is 0 Å². The number of carbonyl (C=O) groups is 1. The maximum atomic E-state index is 12.0. The van der Waals surface area contributed by atoms with Crippen LogP contribution in [0.3, 0.4) is 0 Å². The summed E-state index contributed by atoms with van der Waals surface area (Å²) >= 11 is 3.42. The van der Waals surface area contributed by atoms with Gasteiger partial charge in [0.05, 0.1) is 0 Å². The minimum absolute atomic E-state index is 0.00899. The molecule has 1 heterocycles. The molecule has 110 valence electrons. The van der Waals surface area contributed by atoms with Crippen LogP contribution in [0.5, 0.6) is 0 Å². The van der Waals surface area contributed by atoms with E-state index in [1.165, 1.54) is 0 Å². The molecule has 20 heavy (non-hydrogen) atoms. The van der Waals surface area contributed by atoms with Crippen molar-refractivity contribution in [2.75, 3.05) is 39.3 Å². The third kappa shape index (κ3) is 4.89. The van der Waals surface area contributed by atoms with Crippen molar-refractivity contribution in [3.8, 4) is 0 Å². The highest BCUT2D eigenvalue weighted by atomic mass is 79.9. The first-order valence-corrected chi connectivity index (χ1v) is 7.93. The lowest BCUT2D eigenvalue weighted by Gasteiger charge is -2.27. The van der Waals surface area contributed by atoms with E-state index in [4.69, 9.17) is 0 Å². The summed E-state index contributed by atoms with van der Waals surface area (Å²) in [6.45, 7) is 8.14. The lowest BCUT2D eigenvalue weighted by atomic mass is 10.1. The van der Waals surface area contributed by atoms with Crippen LogP contribution in [0.2, 0.25) is 0 Å². The van der Waals surface area contributed by atoms with E-state index in [-0.39, 0.29) is 5.91 Å². The topological polar surface area (TPSA) is 44.4 Å². The van der Waals surface area contributed by atoms with Crippen LogP contribution in [-0.4, -0.2) is 50.1 Å². The molecule has 2 rings (SSSR count). The molecule has 2 N–H and O–H groups in total. The zero-order chi connectivity index (χ0) is 14.4. The van der Waals surface area contributed by atoms with Crippen LogP contribution in [0.4, 0.5) is 0 Å². The van der Waals surface area contributed by atoms with Crippen molar-refractivity contribution in [1.82, 2.24) is 15.5 Å². The molecule has 0 aromatic heterocycles. The van der Waals surface area contributed by atoms with Gasteiger partial charge in [-0.15, -0.1) is 0 Å². The van der Waals surface area contributed by atoms with Crippen molar-refractivity contribution in [3.63, 3.8) is 0 Å². The van der Waals surface area contributed by atoms with Crippen LogP contribution in [0.1, 0.15) is 22.3 Å². The van der Waals surface area contributed by atoms with E-state index in [1.807, 2.05) is 25.1 Å². The molecule has 0 spiro atoms. The molecule has 1 amide bonds. The molecule has 1 aromatic rings. The number of benzene rings is 1. The lowest BCUT2D eigenvalue weighted by Crippen LogP contribution is -2.44. The summed E-state index contributed by atoms with van der Waals surface area (Å²) in [5.41, 5.74) is 1.81. The van der Waals surface area contributed by atoms with Gasteiger partial charge in [-0.05, 0) is 43.7 Å². The Balaban J connectivity index is 1.71. The quantitative estimate of drug-likeness (QED) is 0.804. The zero-order valence-electron chi connectivity index (χ0n) is 11.9. The normalized spacial score (nSPS) is 16.1. The number of rotatable bonds is 5. The number of aryl methyl sites for hydroxylation is 1. The largest absolute Gasteiger partial charge is 0.352 e. The van der Waals surface area contributed by atoms with Gasteiger partial charge in [0.15, 0.2) is 0 Å². The SMILES string of the molecule is Cc1cc(Br)cc(C(=O)NCCCN2CCNCC2)c1. The van der Waals surface area contributed by atoms with Gasteiger partial charge in [0, 0.05) is 42.8 Å². The Kier molecular flexibility index (Phi) is 6.01. The zero-order valence-corrected chi connectivity index (χ0v) is 13.5. The van der Waals surface area contributed by atoms with E-state index in [9.17, 15) is 4.79 Å². The molecular weight excluding hydrogens is 318 g/mol. The minimum Gasteiger partial charge on any atom is -0.352 e. The molecule has 1 aromatic carbocycles. The first-order valence-electron chi connectivity index (χ1n) is 7.13. The Hall–Kier alpha value is -0.910. The number of amides is 1. The van der Waals surface area contributed by atoms with E-state index in [2.05, 4.69) is 31.5 Å². The van der Waals surface area contributed by atoms with Crippen molar-refractivity contribution in [1.29, 1.82) is 0 Å². The van der Waals surface area contributed by atoms with Crippen LogP contribution >= 0.6 is 15.9 Å². The molecule has 1 aliphatic rings. The molecule has 0 bridgehead atoms. The molecule has 0 atom stereocenters. The average molecular weight is 340 g/mol. The van der Waals surface area contributed by atoms with Crippen molar-refractivity contribution < 1.29 is 4.79 Å². The number of nitrogens with one attached hydrogen (secondary N) is 2. The molecule has 0 aliphatic carbocycles. The van der Waals surface area contributed by atoms with E-state index < -0.39 is 0 Å². The van der Waals surface area contributed by atoms with Crippen molar-refractivity contribution >= 4 is 21.8 Å². The molecular formula is C15H22BrN3O. The summed E-state index contributed by atoms with van der Waals surface area (Å²) in [5.74, 6) is 0.00899. The monoisotopic (exact) mass is 339 g/mol. The Morgan fingerprint density at radius 2 is 2.10 bits per heavy atom. The van der Waals surface area contributed by atoms with E-state index in [0.717, 1.165) is 61.3 Å². The molecule has 0 saturated carbocycles. The molecule has 1 fully saturated rings. The predicted octanol–water partition coefficient (Wildman–Crippen LogP) is 1.78. The number of halogens is 1. The summed E-state index contributed by atoms with van der Waals surface area (Å²) in [6, 6.07) is 5.77. The van der Waals surface area contributed by atoms with Crippen LogP contribution in [-0.2, 0) is 0 Å². The Bertz CT molecular complexity index is 438. The number of carbonyl (C=O) groups excluding carboxylic acids is 1.